The summed E-state index contributed by atoms with van der Waals surface area (Å²) >= 11 is 3.32. The predicted molar refractivity (Wildman–Crippen MR) is 65.7 cm³/mol. The average molecular weight is 298 g/mol. The average Bonchev–Trinajstić information content (AvgIpc) is 2.63. The van der Waals surface area contributed by atoms with Crippen molar-refractivity contribution in [2.24, 2.45) is 0 Å². The van der Waals surface area contributed by atoms with Crippen LogP contribution in [0.4, 0.5) is 5.82 Å². The zero-order valence-electron chi connectivity index (χ0n) is 9.57. The van der Waals surface area contributed by atoms with Crippen LogP contribution in [0.2, 0.25) is 0 Å². The lowest BCUT2D eigenvalue weighted by atomic mass is 10.4. The van der Waals surface area contributed by atoms with Crippen molar-refractivity contribution < 1.29 is 4.52 Å². The molecule has 0 saturated carbocycles. The van der Waals surface area contributed by atoms with Gasteiger partial charge in [0, 0.05) is 26.0 Å². The van der Waals surface area contributed by atoms with Crippen LogP contribution in [0.5, 0.6) is 0 Å². The van der Waals surface area contributed by atoms with Gasteiger partial charge in [-0.05, 0) is 22.9 Å². The van der Waals surface area contributed by atoms with Crippen LogP contribution in [0.3, 0.4) is 0 Å². The smallest absolute Gasteiger partial charge is 0.223 e. The summed E-state index contributed by atoms with van der Waals surface area (Å²) in [6, 6.07) is 1.83. The first-order valence-corrected chi connectivity index (χ1v) is 5.97. The maximum absolute atomic E-state index is 4.88. The van der Waals surface area contributed by atoms with Gasteiger partial charge < -0.3 is 9.84 Å². The van der Waals surface area contributed by atoms with Crippen molar-refractivity contribution in [1.82, 2.24) is 20.1 Å². The molecule has 0 amide bonds. The van der Waals surface area contributed by atoms with E-state index in [4.69, 9.17) is 4.52 Å². The summed E-state index contributed by atoms with van der Waals surface area (Å²) in [4.78, 5) is 12.5. The largest absolute Gasteiger partial charge is 0.369 e. The third kappa shape index (κ3) is 3.48. The molecule has 0 aliphatic carbocycles. The van der Waals surface area contributed by atoms with Crippen molar-refractivity contribution in [2.75, 3.05) is 11.9 Å². The first kappa shape index (κ1) is 12.0. The summed E-state index contributed by atoms with van der Waals surface area (Å²) in [5.41, 5.74) is 0. The Hall–Kier alpha value is -1.50. The van der Waals surface area contributed by atoms with Crippen LogP contribution in [-0.2, 0) is 6.42 Å². The Kier molecular flexibility index (Phi) is 3.68. The topological polar surface area (TPSA) is 76.7 Å². The van der Waals surface area contributed by atoms with E-state index in [0.29, 0.717) is 24.7 Å². The molecule has 7 heteroatoms. The summed E-state index contributed by atoms with van der Waals surface area (Å²) in [6.45, 7) is 4.31. The van der Waals surface area contributed by atoms with E-state index in [2.05, 4.69) is 41.4 Å². The second kappa shape index (κ2) is 5.22. The highest BCUT2D eigenvalue weighted by molar-refractivity contribution is 9.10. The van der Waals surface area contributed by atoms with Crippen molar-refractivity contribution in [3.05, 3.63) is 28.2 Å². The van der Waals surface area contributed by atoms with Gasteiger partial charge in [0.15, 0.2) is 5.82 Å². The van der Waals surface area contributed by atoms with Crippen LogP contribution in [0.25, 0.3) is 0 Å². The van der Waals surface area contributed by atoms with Crippen LogP contribution >= 0.6 is 15.9 Å². The molecule has 0 bridgehead atoms. The van der Waals surface area contributed by atoms with Gasteiger partial charge in [-0.15, -0.1) is 0 Å². The maximum Gasteiger partial charge on any atom is 0.223 e. The Bertz CT molecular complexity index is 493. The van der Waals surface area contributed by atoms with Gasteiger partial charge >= 0.3 is 0 Å². The molecular formula is C10H12BrN5O. The lowest BCUT2D eigenvalue weighted by Gasteiger charge is -2.04. The van der Waals surface area contributed by atoms with Crippen LogP contribution in [0.1, 0.15) is 17.5 Å². The standard InChI is InChI=1S/C10H12BrN5O/c1-6-13-8(11)5-10(14-6)12-4-3-9-15-7(2)17-16-9/h5H,3-4H2,1-2H3,(H,12,13,14). The number of hydrogen-bond donors (Lipinski definition) is 1. The number of rotatable bonds is 4. The van der Waals surface area contributed by atoms with Gasteiger partial charge in [-0.1, -0.05) is 5.16 Å². The summed E-state index contributed by atoms with van der Waals surface area (Å²) in [6.07, 6.45) is 0.692. The number of aromatic nitrogens is 4. The van der Waals surface area contributed by atoms with Crippen molar-refractivity contribution in [3.63, 3.8) is 0 Å². The Morgan fingerprint density at radius 3 is 2.76 bits per heavy atom. The van der Waals surface area contributed by atoms with E-state index in [-0.39, 0.29) is 0 Å². The third-order valence-electron chi connectivity index (χ3n) is 2.03. The van der Waals surface area contributed by atoms with E-state index < -0.39 is 0 Å². The molecule has 90 valence electrons. The number of aryl methyl sites for hydroxylation is 2. The molecule has 0 aromatic carbocycles. The zero-order valence-corrected chi connectivity index (χ0v) is 11.2. The molecule has 2 aromatic rings. The number of anilines is 1. The molecular weight excluding hydrogens is 286 g/mol. The molecule has 0 unspecified atom stereocenters. The molecule has 0 aliphatic heterocycles. The minimum absolute atomic E-state index is 0.584. The molecule has 2 rings (SSSR count). The lowest BCUT2D eigenvalue weighted by molar-refractivity contribution is 0.387. The van der Waals surface area contributed by atoms with Crippen LogP contribution in [-0.4, -0.2) is 26.7 Å². The number of nitrogens with zero attached hydrogens (tertiary/aromatic N) is 4. The molecule has 0 radical (unpaired) electrons. The Morgan fingerprint density at radius 2 is 2.12 bits per heavy atom. The van der Waals surface area contributed by atoms with E-state index in [1.54, 1.807) is 6.92 Å². The molecule has 0 saturated heterocycles. The molecule has 2 heterocycles. The molecule has 0 atom stereocenters. The predicted octanol–water partition coefficient (Wildman–Crippen LogP) is 1.89. The Balaban J connectivity index is 1.89. The molecule has 0 fully saturated rings. The fourth-order valence-corrected chi connectivity index (χ4v) is 1.84. The van der Waals surface area contributed by atoms with E-state index in [9.17, 15) is 0 Å². The fourth-order valence-electron chi connectivity index (χ4n) is 1.37. The highest BCUT2D eigenvalue weighted by Gasteiger charge is 2.03. The molecule has 17 heavy (non-hydrogen) atoms. The maximum atomic E-state index is 4.88. The highest BCUT2D eigenvalue weighted by Crippen LogP contribution is 2.11. The van der Waals surface area contributed by atoms with Crippen molar-refractivity contribution >= 4 is 21.7 Å². The number of hydrogen-bond acceptors (Lipinski definition) is 6. The van der Waals surface area contributed by atoms with Crippen molar-refractivity contribution in [3.8, 4) is 0 Å². The van der Waals surface area contributed by atoms with Gasteiger partial charge in [-0.3, -0.25) is 0 Å². The zero-order chi connectivity index (χ0) is 12.3. The minimum atomic E-state index is 0.584. The van der Waals surface area contributed by atoms with Gasteiger partial charge in [-0.25, -0.2) is 9.97 Å². The van der Waals surface area contributed by atoms with Gasteiger partial charge in [0.1, 0.15) is 16.2 Å². The summed E-state index contributed by atoms with van der Waals surface area (Å²) in [5.74, 6) is 2.78. The second-order valence-electron chi connectivity index (χ2n) is 3.53. The summed E-state index contributed by atoms with van der Waals surface area (Å²) in [5, 5.41) is 7.00. The Morgan fingerprint density at radius 1 is 1.29 bits per heavy atom. The lowest BCUT2D eigenvalue weighted by Crippen LogP contribution is -2.08. The Labute approximate surface area is 107 Å². The highest BCUT2D eigenvalue weighted by atomic mass is 79.9. The molecule has 6 nitrogen and oxygen atoms in total. The van der Waals surface area contributed by atoms with Crippen LogP contribution in [0.15, 0.2) is 15.2 Å². The van der Waals surface area contributed by atoms with Gasteiger partial charge in [0.2, 0.25) is 5.89 Å². The minimum Gasteiger partial charge on any atom is -0.369 e. The molecule has 1 N–H and O–H groups in total. The quantitative estimate of drug-likeness (QED) is 0.869. The van der Waals surface area contributed by atoms with Gasteiger partial charge in [0.05, 0.1) is 0 Å². The molecule has 0 spiro atoms. The van der Waals surface area contributed by atoms with Crippen LogP contribution < -0.4 is 5.32 Å². The fraction of sp³-hybridized carbons (Fsp3) is 0.400. The summed E-state index contributed by atoms with van der Waals surface area (Å²) < 4.78 is 5.65. The number of nitrogens with one attached hydrogen (secondary N) is 1. The molecule has 2 aromatic heterocycles. The van der Waals surface area contributed by atoms with E-state index in [0.717, 1.165) is 16.2 Å². The summed E-state index contributed by atoms with van der Waals surface area (Å²) in [7, 11) is 0. The number of halogens is 1. The van der Waals surface area contributed by atoms with E-state index in [1.807, 2.05) is 13.0 Å². The third-order valence-corrected chi connectivity index (χ3v) is 2.44. The van der Waals surface area contributed by atoms with Crippen LogP contribution in [0, 0.1) is 13.8 Å². The molecule has 0 aliphatic rings. The second-order valence-corrected chi connectivity index (χ2v) is 4.34. The first-order chi connectivity index (χ1) is 8.13. The van der Waals surface area contributed by atoms with E-state index in [1.165, 1.54) is 0 Å². The van der Waals surface area contributed by atoms with Gasteiger partial charge in [0.25, 0.3) is 0 Å². The van der Waals surface area contributed by atoms with Gasteiger partial charge in [-0.2, -0.15) is 4.98 Å². The first-order valence-electron chi connectivity index (χ1n) is 5.18. The monoisotopic (exact) mass is 297 g/mol. The SMILES string of the molecule is Cc1nc(Br)cc(NCCc2noc(C)n2)n1. The van der Waals surface area contributed by atoms with Crippen molar-refractivity contribution in [2.45, 2.75) is 20.3 Å². The van der Waals surface area contributed by atoms with E-state index >= 15 is 0 Å². The van der Waals surface area contributed by atoms with Crippen molar-refractivity contribution in [1.29, 1.82) is 0 Å². The normalized spacial score (nSPS) is 10.5.